The van der Waals surface area contributed by atoms with Crippen molar-refractivity contribution in [1.29, 1.82) is 0 Å². The number of thiophene rings is 2. The summed E-state index contributed by atoms with van der Waals surface area (Å²) in [6, 6.07) is 8.51. The van der Waals surface area contributed by atoms with Crippen LogP contribution in [0.5, 0.6) is 0 Å². The van der Waals surface area contributed by atoms with E-state index in [1.807, 2.05) is 0 Å². The molecule has 3 aromatic rings. The van der Waals surface area contributed by atoms with E-state index >= 15 is 0 Å². The van der Waals surface area contributed by atoms with E-state index in [9.17, 15) is 0 Å². The van der Waals surface area contributed by atoms with E-state index in [2.05, 4.69) is 77.0 Å². The molecule has 2 nitrogen and oxygen atoms in total. The highest BCUT2D eigenvalue weighted by atomic mass is 79.9. The number of hydrogen-bond donors (Lipinski definition) is 0. The van der Waals surface area contributed by atoms with Crippen molar-refractivity contribution in [2.75, 3.05) is 0 Å². The minimum absolute atomic E-state index is 0.231. The number of nitrogens with zero attached hydrogens (tertiary/aromatic N) is 2. The first kappa shape index (κ1) is 14.3. The summed E-state index contributed by atoms with van der Waals surface area (Å²) in [4.78, 5) is 2.61. The van der Waals surface area contributed by atoms with Crippen LogP contribution in [0.2, 0.25) is 0 Å². The largest absolute Gasteiger partial charge is 0.177 e. The molecule has 7 heteroatoms. The van der Waals surface area contributed by atoms with Gasteiger partial charge in [-0.2, -0.15) is 8.75 Å². The molecule has 1 aliphatic carbocycles. The van der Waals surface area contributed by atoms with Gasteiger partial charge in [0.15, 0.2) is 0 Å². The molecule has 0 aromatic carbocycles. The number of hydrogen-bond acceptors (Lipinski definition) is 5. The van der Waals surface area contributed by atoms with Crippen LogP contribution in [0.3, 0.4) is 0 Å². The van der Waals surface area contributed by atoms with Gasteiger partial charge in [-0.3, -0.25) is 0 Å². The Bertz CT molecular complexity index is 753. The summed E-state index contributed by atoms with van der Waals surface area (Å²) in [5.41, 5.74) is 2.21. The Morgan fingerprint density at radius 2 is 1.24 bits per heavy atom. The molecule has 0 N–H and O–H groups in total. The molecule has 2 unspecified atom stereocenters. The van der Waals surface area contributed by atoms with Crippen molar-refractivity contribution in [3.05, 3.63) is 65.1 Å². The van der Waals surface area contributed by atoms with Crippen molar-refractivity contribution in [3.8, 4) is 0 Å². The van der Waals surface area contributed by atoms with Crippen LogP contribution in [-0.2, 0) is 0 Å². The highest BCUT2D eigenvalue weighted by molar-refractivity contribution is 9.11. The SMILES string of the molecule is Brc1ccc(C2C=CC(c3ccc(Br)s3)c3nsnc32)s1. The van der Waals surface area contributed by atoms with Crippen LogP contribution >= 0.6 is 66.3 Å². The molecule has 1 aliphatic rings. The predicted molar refractivity (Wildman–Crippen MR) is 96.8 cm³/mol. The molecular formula is C14H8Br2N2S3. The van der Waals surface area contributed by atoms with Crippen LogP contribution in [0.4, 0.5) is 0 Å². The zero-order valence-electron chi connectivity index (χ0n) is 10.5. The quantitative estimate of drug-likeness (QED) is 0.438. The molecule has 0 aliphatic heterocycles. The third-order valence-corrected chi connectivity index (χ3v) is 7.40. The highest BCUT2D eigenvalue weighted by Crippen LogP contribution is 2.43. The molecule has 106 valence electrons. The van der Waals surface area contributed by atoms with Crippen LogP contribution < -0.4 is 0 Å². The third-order valence-electron chi connectivity index (χ3n) is 3.43. The maximum Gasteiger partial charge on any atom is 0.0905 e. The Morgan fingerprint density at radius 1 is 0.762 bits per heavy atom. The molecule has 3 aromatic heterocycles. The fourth-order valence-corrected chi connectivity index (χ4v) is 6.13. The van der Waals surface area contributed by atoms with Crippen LogP contribution in [0.15, 0.2) is 44.0 Å². The molecule has 4 rings (SSSR count). The lowest BCUT2D eigenvalue weighted by Crippen LogP contribution is -2.10. The maximum absolute atomic E-state index is 4.57. The second-order valence-electron chi connectivity index (χ2n) is 4.66. The second kappa shape index (κ2) is 5.70. The lowest BCUT2D eigenvalue weighted by atomic mass is 9.87. The maximum atomic E-state index is 4.57. The first-order valence-corrected chi connectivity index (χ1v) is 10.2. The number of halogens is 2. The molecule has 0 spiro atoms. The van der Waals surface area contributed by atoms with Crippen molar-refractivity contribution >= 4 is 66.3 Å². The van der Waals surface area contributed by atoms with Gasteiger partial charge in [-0.15, -0.1) is 22.7 Å². The summed E-state index contributed by atoms with van der Waals surface area (Å²) in [5.74, 6) is 0.462. The lowest BCUT2D eigenvalue weighted by molar-refractivity contribution is 0.867. The molecule has 21 heavy (non-hydrogen) atoms. The summed E-state index contributed by atoms with van der Waals surface area (Å²) >= 11 is 11.9. The smallest absolute Gasteiger partial charge is 0.0905 e. The minimum Gasteiger partial charge on any atom is -0.177 e. The van der Waals surface area contributed by atoms with Crippen molar-refractivity contribution in [1.82, 2.24) is 8.75 Å². The van der Waals surface area contributed by atoms with Crippen LogP contribution in [-0.4, -0.2) is 8.75 Å². The van der Waals surface area contributed by atoms with Gasteiger partial charge in [0.1, 0.15) is 0 Å². The summed E-state index contributed by atoms with van der Waals surface area (Å²) in [6.07, 6.45) is 4.53. The molecule has 3 heterocycles. The van der Waals surface area contributed by atoms with Gasteiger partial charge in [0.25, 0.3) is 0 Å². The highest BCUT2D eigenvalue weighted by Gasteiger charge is 2.30. The Morgan fingerprint density at radius 3 is 1.62 bits per heavy atom. The van der Waals surface area contributed by atoms with Crippen molar-refractivity contribution in [3.63, 3.8) is 0 Å². The van der Waals surface area contributed by atoms with E-state index in [0.717, 1.165) is 19.0 Å². The Labute approximate surface area is 151 Å². The Kier molecular flexibility index (Phi) is 3.87. The first-order chi connectivity index (χ1) is 10.2. The molecular weight excluding hydrogens is 452 g/mol. The summed E-state index contributed by atoms with van der Waals surface area (Å²) in [6.45, 7) is 0. The molecule has 0 saturated carbocycles. The molecule has 0 saturated heterocycles. The number of aromatic nitrogens is 2. The fourth-order valence-electron chi connectivity index (χ4n) is 2.49. The summed E-state index contributed by atoms with van der Waals surface area (Å²) < 4.78 is 11.4. The van der Waals surface area contributed by atoms with Crippen molar-refractivity contribution in [2.24, 2.45) is 0 Å². The normalized spacial score (nSPS) is 20.7. The second-order valence-corrected chi connectivity index (χ2v) is 10.2. The minimum atomic E-state index is 0.231. The zero-order valence-corrected chi connectivity index (χ0v) is 16.1. The van der Waals surface area contributed by atoms with Gasteiger partial charge >= 0.3 is 0 Å². The van der Waals surface area contributed by atoms with Gasteiger partial charge in [0.05, 0.1) is 42.5 Å². The predicted octanol–water partition coefficient (Wildman–Crippen LogP) is 6.02. The molecule has 0 bridgehead atoms. The zero-order chi connectivity index (χ0) is 14.4. The standard InChI is InChI=1S/C14H8Br2N2S3/c15-11-5-3-9(19-11)7-1-2-8(10-4-6-12(16)20-10)14-13(7)17-21-18-14/h1-8H. The number of fused-ring (bicyclic) bond motifs is 1. The lowest BCUT2D eigenvalue weighted by Gasteiger charge is -2.19. The summed E-state index contributed by atoms with van der Waals surface area (Å²) in [5, 5.41) is 0. The van der Waals surface area contributed by atoms with Crippen molar-refractivity contribution in [2.45, 2.75) is 11.8 Å². The molecule has 0 amide bonds. The Hall–Kier alpha value is -0.340. The van der Waals surface area contributed by atoms with Crippen LogP contribution in [0.25, 0.3) is 0 Å². The molecule has 0 radical (unpaired) electrons. The van der Waals surface area contributed by atoms with Gasteiger partial charge in [-0.1, -0.05) is 12.2 Å². The van der Waals surface area contributed by atoms with Gasteiger partial charge in [0, 0.05) is 9.75 Å². The fraction of sp³-hybridized carbons (Fsp3) is 0.143. The Balaban J connectivity index is 1.77. The first-order valence-electron chi connectivity index (χ1n) is 6.23. The van der Waals surface area contributed by atoms with E-state index in [-0.39, 0.29) is 11.8 Å². The molecule has 0 fully saturated rings. The monoisotopic (exact) mass is 458 g/mol. The van der Waals surface area contributed by atoms with E-state index < -0.39 is 0 Å². The molecule has 2 atom stereocenters. The van der Waals surface area contributed by atoms with E-state index in [1.165, 1.54) is 21.5 Å². The van der Waals surface area contributed by atoms with Crippen LogP contribution in [0, 0.1) is 0 Å². The summed E-state index contributed by atoms with van der Waals surface area (Å²) in [7, 11) is 0. The average Bonchev–Trinajstić information content (AvgIpc) is 3.18. The van der Waals surface area contributed by atoms with E-state index in [1.54, 1.807) is 22.7 Å². The number of allylic oxidation sites excluding steroid dienone is 2. The average molecular weight is 460 g/mol. The van der Waals surface area contributed by atoms with Crippen molar-refractivity contribution < 1.29 is 0 Å². The third kappa shape index (κ3) is 2.59. The van der Waals surface area contributed by atoms with E-state index in [4.69, 9.17) is 0 Å². The van der Waals surface area contributed by atoms with E-state index in [0.29, 0.717) is 0 Å². The number of rotatable bonds is 2. The van der Waals surface area contributed by atoms with Gasteiger partial charge < -0.3 is 0 Å². The van der Waals surface area contributed by atoms with Gasteiger partial charge in [0.2, 0.25) is 0 Å². The van der Waals surface area contributed by atoms with Crippen LogP contribution in [0.1, 0.15) is 33.0 Å². The van der Waals surface area contributed by atoms with Gasteiger partial charge in [-0.25, -0.2) is 0 Å². The topological polar surface area (TPSA) is 25.8 Å². The van der Waals surface area contributed by atoms with Gasteiger partial charge in [-0.05, 0) is 56.1 Å².